The van der Waals surface area contributed by atoms with E-state index >= 15 is 0 Å². The lowest BCUT2D eigenvalue weighted by Crippen LogP contribution is -2.38. The van der Waals surface area contributed by atoms with Crippen LogP contribution in [0.1, 0.15) is 37.7 Å². The molecule has 0 unspecified atom stereocenters. The Balaban J connectivity index is 1.98. The van der Waals surface area contributed by atoms with Crippen molar-refractivity contribution >= 4 is 23.0 Å². The Morgan fingerprint density at radius 3 is 2.75 bits per heavy atom. The van der Waals surface area contributed by atoms with E-state index < -0.39 is 0 Å². The van der Waals surface area contributed by atoms with Crippen molar-refractivity contribution in [1.82, 2.24) is 5.32 Å². The summed E-state index contributed by atoms with van der Waals surface area (Å²) in [4.78, 5) is 0. The summed E-state index contributed by atoms with van der Waals surface area (Å²) in [6.45, 7) is 0. The third-order valence-electron chi connectivity index (χ3n) is 3.52. The monoisotopic (exact) mass is 289 g/mol. The van der Waals surface area contributed by atoms with Crippen LogP contribution in [0, 0.1) is 11.3 Å². The Labute approximate surface area is 125 Å². The molecule has 2 rings (SSSR count). The van der Waals surface area contributed by atoms with E-state index in [1.165, 1.54) is 32.1 Å². The van der Waals surface area contributed by atoms with E-state index in [4.69, 9.17) is 22.2 Å². The highest BCUT2D eigenvalue weighted by Gasteiger charge is 2.14. The van der Waals surface area contributed by atoms with Gasteiger partial charge in [-0.3, -0.25) is 0 Å². The summed E-state index contributed by atoms with van der Waals surface area (Å²) in [6.07, 6.45) is 6.20. The van der Waals surface area contributed by atoms with Gasteiger partial charge in [0.2, 0.25) is 0 Å². The van der Waals surface area contributed by atoms with Gasteiger partial charge in [0.1, 0.15) is 5.75 Å². The summed E-state index contributed by atoms with van der Waals surface area (Å²) in [5.74, 6) is 0.622. The minimum Gasteiger partial charge on any atom is -0.495 e. The largest absolute Gasteiger partial charge is 0.495 e. The lowest BCUT2D eigenvalue weighted by Gasteiger charge is -2.24. The number of nitriles is 1. The normalized spacial score (nSPS) is 15.2. The average molecular weight is 289 g/mol. The van der Waals surface area contributed by atoms with Gasteiger partial charge >= 0.3 is 0 Å². The molecule has 1 aliphatic carbocycles. The molecule has 1 aromatic rings. The zero-order valence-electron chi connectivity index (χ0n) is 11.6. The zero-order valence-corrected chi connectivity index (χ0v) is 12.4. The summed E-state index contributed by atoms with van der Waals surface area (Å²) in [7, 11) is 1.58. The predicted molar refractivity (Wildman–Crippen MR) is 83.9 cm³/mol. The van der Waals surface area contributed by atoms with Crippen LogP contribution in [0.15, 0.2) is 18.2 Å². The molecule has 0 bridgehead atoms. The quantitative estimate of drug-likeness (QED) is 0.837. The number of rotatable bonds is 3. The highest BCUT2D eigenvalue weighted by atomic mass is 32.1. The predicted octanol–water partition coefficient (Wildman–Crippen LogP) is 3.19. The molecule has 20 heavy (non-hydrogen) atoms. The fourth-order valence-corrected chi connectivity index (χ4v) is 2.73. The number of hydrogen-bond donors (Lipinski definition) is 2. The van der Waals surface area contributed by atoms with Crippen molar-refractivity contribution in [3.63, 3.8) is 0 Å². The topological polar surface area (TPSA) is 57.1 Å². The number of methoxy groups -OCH3 is 1. The molecule has 1 aliphatic rings. The number of hydrogen-bond acceptors (Lipinski definition) is 3. The summed E-state index contributed by atoms with van der Waals surface area (Å²) < 4.78 is 5.28. The summed E-state index contributed by atoms with van der Waals surface area (Å²) in [5.41, 5.74) is 1.35. The van der Waals surface area contributed by atoms with Gasteiger partial charge in [0.05, 0.1) is 24.4 Å². The molecule has 1 saturated carbocycles. The van der Waals surface area contributed by atoms with E-state index in [9.17, 15) is 0 Å². The molecule has 1 aromatic carbocycles. The molecule has 4 nitrogen and oxygen atoms in total. The molecule has 0 atom stereocenters. The second kappa shape index (κ2) is 7.11. The van der Waals surface area contributed by atoms with Crippen molar-refractivity contribution in [2.45, 2.75) is 38.1 Å². The first-order valence-corrected chi connectivity index (χ1v) is 7.29. The molecular formula is C15H19N3OS. The maximum absolute atomic E-state index is 8.88. The van der Waals surface area contributed by atoms with E-state index in [0.29, 0.717) is 22.5 Å². The number of thiocarbonyl (C=S) groups is 1. The van der Waals surface area contributed by atoms with E-state index in [2.05, 4.69) is 16.7 Å². The van der Waals surface area contributed by atoms with Crippen molar-refractivity contribution in [2.75, 3.05) is 12.4 Å². The van der Waals surface area contributed by atoms with Gasteiger partial charge < -0.3 is 15.4 Å². The van der Waals surface area contributed by atoms with Crippen molar-refractivity contribution in [1.29, 1.82) is 5.26 Å². The zero-order chi connectivity index (χ0) is 14.4. The number of benzene rings is 1. The van der Waals surface area contributed by atoms with Crippen LogP contribution in [0.4, 0.5) is 5.69 Å². The van der Waals surface area contributed by atoms with Gasteiger partial charge in [-0.05, 0) is 37.2 Å². The second-order valence-corrected chi connectivity index (χ2v) is 5.37. The number of nitrogens with one attached hydrogen (secondary N) is 2. The minimum atomic E-state index is 0.466. The van der Waals surface area contributed by atoms with Crippen LogP contribution < -0.4 is 15.4 Å². The summed E-state index contributed by atoms with van der Waals surface area (Å²) >= 11 is 5.34. The minimum absolute atomic E-state index is 0.466. The fourth-order valence-electron chi connectivity index (χ4n) is 2.45. The van der Waals surface area contributed by atoms with E-state index in [1.54, 1.807) is 19.2 Å². The Morgan fingerprint density at radius 2 is 2.10 bits per heavy atom. The maximum atomic E-state index is 8.88. The number of ether oxygens (including phenoxy) is 1. The third-order valence-corrected chi connectivity index (χ3v) is 3.74. The third kappa shape index (κ3) is 3.84. The van der Waals surface area contributed by atoms with Crippen molar-refractivity contribution in [2.24, 2.45) is 0 Å². The van der Waals surface area contributed by atoms with Gasteiger partial charge in [-0.1, -0.05) is 19.3 Å². The molecule has 2 N–H and O–H groups in total. The summed E-state index contributed by atoms with van der Waals surface area (Å²) in [6, 6.07) is 7.81. The van der Waals surface area contributed by atoms with Crippen LogP contribution in [0.2, 0.25) is 0 Å². The molecule has 0 heterocycles. The van der Waals surface area contributed by atoms with Gasteiger partial charge in [0.15, 0.2) is 5.11 Å². The van der Waals surface area contributed by atoms with Crippen LogP contribution >= 0.6 is 12.2 Å². The van der Waals surface area contributed by atoms with Gasteiger partial charge in [0.25, 0.3) is 0 Å². The van der Waals surface area contributed by atoms with Gasteiger partial charge in [-0.25, -0.2) is 0 Å². The molecule has 106 valence electrons. The van der Waals surface area contributed by atoms with Crippen LogP contribution in [-0.2, 0) is 0 Å². The van der Waals surface area contributed by atoms with E-state index in [-0.39, 0.29) is 0 Å². The Hall–Kier alpha value is -1.80. The van der Waals surface area contributed by atoms with Gasteiger partial charge in [-0.2, -0.15) is 5.26 Å². The molecule has 5 heteroatoms. The standard InChI is InChI=1S/C15H19N3OS/c1-19-14-9-11(10-16)7-8-13(14)18-15(20)17-12-5-3-2-4-6-12/h7-9,12H,2-6H2,1H3,(H2,17,18,20). The molecule has 0 radical (unpaired) electrons. The lowest BCUT2D eigenvalue weighted by atomic mass is 9.96. The van der Waals surface area contributed by atoms with Crippen molar-refractivity contribution in [3.05, 3.63) is 23.8 Å². The van der Waals surface area contributed by atoms with Crippen molar-refractivity contribution < 1.29 is 4.74 Å². The Kier molecular flexibility index (Phi) is 5.19. The first-order valence-electron chi connectivity index (χ1n) is 6.88. The highest BCUT2D eigenvalue weighted by molar-refractivity contribution is 7.80. The Bertz CT molecular complexity index is 518. The molecule has 1 fully saturated rings. The molecule has 0 aliphatic heterocycles. The first-order chi connectivity index (χ1) is 9.72. The SMILES string of the molecule is COc1cc(C#N)ccc1NC(=S)NC1CCCCC1. The van der Waals surface area contributed by atoms with Crippen LogP contribution in [0.25, 0.3) is 0 Å². The second-order valence-electron chi connectivity index (χ2n) is 4.96. The lowest BCUT2D eigenvalue weighted by molar-refractivity contribution is 0.413. The number of anilines is 1. The van der Waals surface area contributed by atoms with Gasteiger partial charge in [0, 0.05) is 12.1 Å². The van der Waals surface area contributed by atoms with E-state index in [1.807, 2.05) is 6.07 Å². The summed E-state index contributed by atoms with van der Waals surface area (Å²) in [5, 5.41) is 16.0. The molecule has 0 spiro atoms. The van der Waals surface area contributed by atoms with E-state index in [0.717, 1.165) is 5.69 Å². The number of nitrogens with zero attached hydrogens (tertiary/aromatic N) is 1. The first kappa shape index (κ1) is 14.6. The molecule has 0 aromatic heterocycles. The van der Waals surface area contributed by atoms with Gasteiger partial charge in [-0.15, -0.1) is 0 Å². The average Bonchev–Trinajstić information content (AvgIpc) is 2.48. The highest BCUT2D eigenvalue weighted by Crippen LogP contribution is 2.25. The smallest absolute Gasteiger partial charge is 0.171 e. The fraction of sp³-hybridized carbons (Fsp3) is 0.467. The van der Waals surface area contributed by atoms with Crippen LogP contribution in [0.5, 0.6) is 5.75 Å². The molecule has 0 saturated heterocycles. The van der Waals surface area contributed by atoms with Crippen molar-refractivity contribution in [3.8, 4) is 11.8 Å². The molecule has 0 amide bonds. The molecular weight excluding hydrogens is 270 g/mol. The Morgan fingerprint density at radius 1 is 1.35 bits per heavy atom. The van der Waals surface area contributed by atoms with Crippen LogP contribution in [-0.4, -0.2) is 18.3 Å². The van der Waals surface area contributed by atoms with Crippen LogP contribution in [0.3, 0.4) is 0 Å². The maximum Gasteiger partial charge on any atom is 0.171 e.